The largest absolute Gasteiger partial charge is 0.493 e. The van der Waals surface area contributed by atoms with Crippen molar-refractivity contribution in [3.05, 3.63) is 78.9 Å². The first-order valence-electron chi connectivity index (χ1n) is 8.90. The highest BCUT2D eigenvalue weighted by Gasteiger charge is 2.13. The van der Waals surface area contributed by atoms with Crippen LogP contribution in [0.2, 0.25) is 5.02 Å². The summed E-state index contributed by atoms with van der Waals surface area (Å²) in [7, 11) is 4.26. The standard InChI is InChI=1S/C21H18ClFN2O5S/c1-28-16-7-4-12(8-17(16)29-2)11-25-19(26)10-18(20(27)30-3)31-21(25)24-13-5-6-15(23)14(22)9-13/h4-10H,11H2,1-3H3. The molecular weight excluding hydrogens is 447 g/mol. The topological polar surface area (TPSA) is 79.1 Å². The number of esters is 1. The number of hydrogen-bond acceptors (Lipinski definition) is 7. The summed E-state index contributed by atoms with van der Waals surface area (Å²) < 4.78 is 30.2. The number of hydrogen-bond donors (Lipinski definition) is 0. The maximum atomic E-state index is 13.5. The van der Waals surface area contributed by atoms with Gasteiger partial charge in [-0.3, -0.25) is 9.36 Å². The Morgan fingerprint density at radius 1 is 1.10 bits per heavy atom. The van der Waals surface area contributed by atoms with Crippen LogP contribution in [-0.2, 0) is 11.3 Å². The monoisotopic (exact) mass is 464 g/mol. The van der Waals surface area contributed by atoms with E-state index in [1.165, 1.54) is 50.2 Å². The van der Waals surface area contributed by atoms with Crippen molar-refractivity contribution in [1.29, 1.82) is 0 Å². The van der Waals surface area contributed by atoms with E-state index in [9.17, 15) is 14.0 Å². The molecule has 0 atom stereocenters. The van der Waals surface area contributed by atoms with Gasteiger partial charge in [0.2, 0.25) is 0 Å². The average Bonchev–Trinajstić information content (AvgIpc) is 2.77. The average molecular weight is 465 g/mol. The number of ether oxygens (including phenoxy) is 3. The SMILES string of the molecule is COC(=O)c1cc(=O)n(Cc2ccc(OC)c(OC)c2)c(=Nc2ccc(F)c(Cl)c2)s1. The van der Waals surface area contributed by atoms with Crippen molar-refractivity contribution < 1.29 is 23.4 Å². The van der Waals surface area contributed by atoms with Crippen molar-refractivity contribution in [3.8, 4) is 11.5 Å². The van der Waals surface area contributed by atoms with E-state index in [1.54, 1.807) is 18.2 Å². The van der Waals surface area contributed by atoms with Gasteiger partial charge in [0.05, 0.1) is 38.6 Å². The molecule has 31 heavy (non-hydrogen) atoms. The minimum atomic E-state index is -0.658. The zero-order valence-corrected chi connectivity index (χ0v) is 18.4. The predicted molar refractivity (Wildman–Crippen MR) is 115 cm³/mol. The molecule has 0 aliphatic heterocycles. The number of carbonyl (C=O) groups excluding carboxylic acids is 1. The Morgan fingerprint density at radius 3 is 2.48 bits per heavy atom. The van der Waals surface area contributed by atoms with E-state index < -0.39 is 17.3 Å². The van der Waals surface area contributed by atoms with Crippen molar-refractivity contribution in [2.75, 3.05) is 21.3 Å². The molecule has 162 valence electrons. The number of nitrogens with zero attached hydrogens (tertiary/aromatic N) is 2. The number of aromatic nitrogens is 1. The van der Waals surface area contributed by atoms with Crippen molar-refractivity contribution >= 4 is 34.6 Å². The fraction of sp³-hybridized carbons (Fsp3) is 0.190. The van der Waals surface area contributed by atoms with Gasteiger partial charge >= 0.3 is 5.97 Å². The summed E-state index contributed by atoms with van der Waals surface area (Å²) in [5, 5.41) is -0.107. The van der Waals surface area contributed by atoms with Crippen molar-refractivity contribution in [3.63, 3.8) is 0 Å². The van der Waals surface area contributed by atoms with Crippen LogP contribution in [-0.4, -0.2) is 31.9 Å². The molecule has 0 radical (unpaired) electrons. The minimum Gasteiger partial charge on any atom is -0.493 e. The van der Waals surface area contributed by atoms with Gasteiger partial charge in [0.25, 0.3) is 5.56 Å². The second kappa shape index (κ2) is 9.76. The van der Waals surface area contributed by atoms with Gasteiger partial charge in [-0.2, -0.15) is 0 Å². The quantitative estimate of drug-likeness (QED) is 0.519. The first kappa shape index (κ1) is 22.5. The van der Waals surface area contributed by atoms with Crippen LogP contribution in [0.5, 0.6) is 11.5 Å². The maximum Gasteiger partial charge on any atom is 0.348 e. The summed E-state index contributed by atoms with van der Waals surface area (Å²) in [4.78, 5) is 29.5. The summed E-state index contributed by atoms with van der Waals surface area (Å²) in [5.74, 6) is -0.190. The van der Waals surface area contributed by atoms with Crippen molar-refractivity contribution in [1.82, 2.24) is 4.57 Å². The Morgan fingerprint density at radius 2 is 1.84 bits per heavy atom. The summed E-state index contributed by atoms with van der Waals surface area (Å²) in [6, 6.07) is 10.4. The van der Waals surface area contributed by atoms with Crippen molar-refractivity contribution in [2.24, 2.45) is 4.99 Å². The molecule has 3 rings (SSSR count). The van der Waals surface area contributed by atoms with Crippen LogP contribution in [0.25, 0.3) is 0 Å². The van der Waals surface area contributed by atoms with Crippen LogP contribution in [0, 0.1) is 5.82 Å². The Labute approximate surface area is 185 Å². The minimum absolute atomic E-state index is 0.0861. The first-order valence-corrected chi connectivity index (χ1v) is 10.1. The highest BCUT2D eigenvalue weighted by atomic mass is 35.5. The lowest BCUT2D eigenvalue weighted by Gasteiger charge is -2.11. The summed E-state index contributed by atoms with van der Waals surface area (Å²) in [5.41, 5.74) is 0.609. The van der Waals surface area contributed by atoms with Gasteiger partial charge in [-0.1, -0.05) is 29.0 Å². The number of carbonyl (C=O) groups is 1. The van der Waals surface area contributed by atoms with Crippen molar-refractivity contribution in [2.45, 2.75) is 6.54 Å². The van der Waals surface area contributed by atoms with Gasteiger partial charge in [0.15, 0.2) is 16.3 Å². The van der Waals surface area contributed by atoms with E-state index in [2.05, 4.69) is 4.99 Å². The van der Waals surface area contributed by atoms with E-state index in [0.717, 1.165) is 16.9 Å². The smallest absolute Gasteiger partial charge is 0.348 e. The number of benzene rings is 2. The normalized spacial score (nSPS) is 11.3. The van der Waals surface area contributed by atoms with E-state index in [1.807, 2.05) is 0 Å². The molecule has 1 aromatic heterocycles. The molecule has 3 aromatic rings. The molecule has 0 fully saturated rings. The molecule has 0 unspecified atom stereocenters. The molecule has 0 bridgehead atoms. The number of halogens is 2. The van der Waals surface area contributed by atoms with Crippen LogP contribution < -0.4 is 19.8 Å². The third-order valence-corrected chi connectivity index (χ3v) is 5.54. The maximum absolute atomic E-state index is 13.5. The van der Waals surface area contributed by atoms with Gasteiger partial charge in [0.1, 0.15) is 10.7 Å². The van der Waals surface area contributed by atoms with E-state index in [-0.39, 0.29) is 21.2 Å². The molecule has 1 heterocycles. The molecule has 10 heteroatoms. The van der Waals surface area contributed by atoms with E-state index in [4.69, 9.17) is 25.8 Å². The lowest BCUT2D eigenvalue weighted by atomic mass is 10.2. The van der Waals surface area contributed by atoms with E-state index in [0.29, 0.717) is 17.2 Å². The number of rotatable bonds is 6. The third kappa shape index (κ3) is 5.12. The number of methoxy groups -OCH3 is 3. The third-order valence-electron chi connectivity index (χ3n) is 4.26. The molecule has 2 aromatic carbocycles. The Balaban J connectivity index is 2.17. The highest BCUT2D eigenvalue weighted by Crippen LogP contribution is 2.27. The molecule has 0 saturated carbocycles. The summed E-state index contributed by atoms with van der Waals surface area (Å²) in [6.45, 7) is 0.144. The molecule has 0 aliphatic carbocycles. The summed E-state index contributed by atoms with van der Waals surface area (Å²) >= 11 is 6.81. The van der Waals surface area contributed by atoms with Gasteiger partial charge in [-0.25, -0.2) is 14.2 Å². The Bertz CT molecular complexity index is 1260. The highest BCUT2D eigenvalue weighted by molar-refractivity contribution is 7.11. The fourth-order valence-electron chi connectivity index (χ4n) is 2.72. The Kier molecular flexibility index (Phi) is 7.09. The molecule has 0 saturated heterocycles. The van der Waals surface area contributed by atoms with Crippen LogP contribution >= 0.6 is 22.9 Å². The molecule has 0 spiro atoms. The second-order valence-electron chi connectivity index (χ2n) is 6.21. The lowest BCUT2D eigenvalue weighted by molar-refractivity contribution is 0.0605. The van der Waals surface area contributed by atoms with Crippen LogP contribution in [0.1, 0.15) is 15.2 Å². The van der Waals surface area contributed by atoms with Gasteiger partial charge < -0.3 is 14.2 Å². The zero-order valence-electron chi connectivity index (χ0n) is 16.8. The zero-order chi connectivity index (χ0) is 22.5. The van der Waals surface area contributed by atoms with Crippen LogP contribution in [0.15, 0.2) is 52.3 Å². The van der Waals surface area contributed by atoms with Gasteiger partial charge in [-0.05, 0) is 35.9 Å². The van der Waals surface area contributed by atoms with Gasteiger partial charge in [0, 0.05) is 6.07 Å². The fourth-order valence-corrected chi connectivity index (χ4v) is 3.84. The van der Waals surface area contributed by atoms with E-state index >= 15 is 0 Å². The predicted octanol–water partition coefficient (Wildman–Crippen LogP) is 3.79. The molecule has 0 amide bonds. The molecule has 7 nitrogen and oxygen atoms in total. The van der Waals surface area contributed by atoms with Gasteiger partial charge in [-0.15, -0.1) is 0 Å². The first-order chi connectivity index (χ1) is 14.9. The Hall–Kier alpha value is -3.17. The molecular formula is C21H18ClFN2O5S. The van der Waals surface area contributed by atoms with Crippen LogP contribution in [0.4, 0.5) is 10.1 Å². The summed E-state index contributed by atoms with van der Waals surface area (Å²) in [6.07, 6.45) is 0. The second-order valence-corrected chi connectivity index (χ2v) is 7.63. The molecule has 0 N–H and O–H groups in total. The molecule has 0 aliphatic rings. The van der Waals surface area contributed by atoms with Crippen LogP contribution in [0.3, 0.4) is 0 Å². The lowest BCUT2D eigenvalue weighted by Crippen LogP contribution is -2.33.